The summed E-state index contributed by atoms with van der Waals surface area (Å²) in [4.78, 5) is 29.1. The Balaban J connectivity index is 1.75. The van der Waals surface area contributed by atoms with E-state index < -0.39 is 5.92 Å². The van der Waals surface area contributed by atoms with Gasteiger partial charge >= 0.3 is 0 Å². The fourth-order valence-electron chi connectivity index (χ4n) is 3.95. The number of azide groups is 1. The molecule has 0 heterocycles. The van der Waals surface area contributed by atoms with Crippen LogP contribution in [0.2, 0.25) is 0 Å². The Morgan fingerprint density at radius 2 is 1.59 bits per heavy atom. The number of carbonyl (C=O) groups excluding carboxylic acids is 2. The molecule has 0 aliphatic carbocycles. The summed E-state index contributed by atoms with van der Waals surface area (Å²) in [5, 5.41) is 3.35. The van der Waals surface area contributed by atoms with Gasteiger partial charge in [-0.1, -0.05) is 65.8 Å². The molecule has 8 nitrogen and oxygen atoms in total. The first-order valence-corrected chi connectivity index (χ1v) is 12.5. The number of hydrogen-bond acceptors (Lipinski definition) is 6. The molecule has 0 aliphatic rings. The fraction of sp³-hybridized carbons (Fsp3) is 0.226. The van der Waals surface area contributed by atoms with Crippen molar-refractivity contribution in [3.8, 4) is 17.2 Å². The summed E-state index contributed by atoms with van der Waals surface area (Å²) in [6.45, 7) is -0.170. The highest BCUT2D eigenvalue weighted by Crippen LogP contribution is 2.29. The molecule has 3 aromatic carbocycles. The van der Waals surface area contributed by atoms with E-state index in [1.807, 2.05) is 54.6 Å². The normalized spacial score (nSPS) is 11.6. The van der Waals surface area contributed by atoms with Crippen LogP contribution < -0.4 is 14.2 Å². The second kappa shape index (κ2) is 15.4. The summed E-state index contributed by atoms with van der Waals surface area (Å²) >= 11 is 0. The molecule has 0 aliphatic heterocycles. The molecule has 0 spiro atoms. The molecule has 0 N–H and O–H groups in total. The van der Waals surface area contributed by atoms with Gasteiger partial charge in [-0.05, 0) is 77.9 Å². The SMILES string of the molecule is COc1cccc(/C=C/C(=O)C(CCCc2ccccc2)C(=O)/C=C/c2ccc(OCN=[N+]=[N-])c(OC)c2)c1. The van der Waals surface area contributed by atoms with Crippen LogP contribution in [-0.2, 0) is 16.0 Å². The molecule has 1 atom stereocenters. The van der Waals surface area contributed by atoms with Crippen molar-refractivity contribution in [2.75, 3.05) is 21.0 Å². The molecular formula is C31H31N3O5. The Morgan fingerprint density at radius 3 is 2.26 bits per heavy atom. The molecule has 3 aromatic rings. The number of carbonyl (C=O) groups is 2. The van der Waals surface area contributed by atoms with E-state index in [1.54, 1.807) is 37.5 Å². The first-order chi connectivity index (χ1) is 19.0. The van der Waals surface area contributed by atoms with E-state index in [-0.39, 0.29) is 18.3 Å². The van der Waals surface area contributed by atoms with Gasteiger partial charge in [-0.3, -0.25) is 9.59 Å². The zero-order valence-corrected chi connectivity index (χ0v) is 22.0. The molecule has 200 valence electrons. The van der Waals surface area contributed by atoms with Crippen LogP contribution in [0.1, 0.15) is 29.5 Å². The van der Waals surface area contributed by atoms with Gasteiger partial charge < -0.3 is 14.2 Å². The van der Waals surface area contributed by atoms with E-state index in [1.165, 1.54) is 19.3 Å². The van der Waals surface area contributed by atoms with Crippen LogP contribution in [0, 0.1) is 5.92 Å². The average Bonchev–Trinajstić information content (AvgIpc) is 2.98. The highest BCUT2D eigenvalue weighted by Gasteiger charge is 2.22. The average molecular weight is 526 g/mol. The van der Waals surface area contributed by atoms with Gasteiger partial charge in [0.25, 0.3) is 0 Å². The van der Waals surface area contributed by atoms with E-state index in [0.717, 1.165) is 17.5 Å². The quantitative estimate of drug-likeness (QED) is 0.0708. The lowest BCUT2D eigenvalue weighted by Crippen LogP contribution is -2.21. The number of methoxy groups -OCH3 is 2. The number of ketones is 2. The first kappa shape index (κ1) is 28.8. The predicted octanol–water partition coefficient (Wildman–Crippen LogP) is 6.85. The lowest BCUT2D eigenvalue weighted by molar-refractivity contribution is -0.127. The van der Waals surface area contributed by atoms with E-state index in [0.29, 0.717) is 35.7 Å². The van der Waals surface area contributed by atoms with E-state index >= 15 is 0 Å². The minimum absolute atomic E-state index is 0.170. The smallest absolute Gasteiger partial charge is 0.167 e. The summed E-state index contributed by atoms with van der Waals surface area (Å²) in [6, 6.07) is 22.4. The number of nitrogens with zero attached hydrogens (tertiary/aromatic N) is 3. The number of benzene rings is 3. The highest BCUT2D eigenvalue weighted by molar-refractivity contribution is 6.13. The summed E-state index contributed by atoms with van der Waals surface area (Å²) in [6.07, 6.45) is 8.13. The standard InChI is InChI=1S/C31H31N3O5/c1-37-26-12-6-11-24(20-26)14-17-28(35)27(13-7-10-23-8-4-3-5-9-23)29(36)18-15-25-16-19-30(31(21-25)38-2)39-22-33-34-32/h3-6,8-9,11-12,14-21,27H,7,10,13,22H2,1-2H3/b17-14+,18-15+. The molecule has 0 saturated heterocycles. The Labute approximate surface area is 228 Å². The molecule has 0 amide bonds. The second-order valence-electron chi connectivity index (χ2n) is 8.59. The summed E-state index contributed by atoms with van der Waals surface area (Å²) in [5.74, 6) is 0.193. The molecular weight excluding hydrogens is 494 g/mol. The minimum atomic E-state index is -0.805. The van der Waals surface area contributed by atoms with Crippen molar-refractivity contribution in [3.05, 3.63) is 112 Å². The van der Waals surface area contributed by atoms with Gasteiger partial charge in [0.05, 0.1) is 20.1 Å². The molecule has 39 heavy (non-hydrogen) atoms. The van der Waals surface area contributed by atoms with Crippen molar-refractivity contribution in [1.29, 1.82) is 0 Å². The zero-order valence-electron chi connectivity index (χ0n) is 22.0. The molecule has 0 radical (unpaired) electrons. The lowest BCUT2D eigenvalue weighted by Gasteiger charge is -2.12. The molecule has 0 bridgehead atoms. The van der Waals surface area contributed by atoms with E-state index in [9.17, 15) is 9.59 Å². The van der Waals surface area contributed by atoms with Crippen LogP contribution in [-0.4, -0.2) is 32.5 Å². The van der Waals surface area contributed by atoms with Crippen molar-refractivity contribution < 1.29 is 23.8 Å². The number of hydrogen-bond donors (Lipinski definition) is 0. The molecule has 1 unspecified atom stereocenters. The van der Waals surface area contributed by atoms with Gasteiger partial charge in [0, 0.05) is 4.91 Å². The van der Waals surface area contributed by atoms with Crippen LogP contribution in [0.15, 0.2) is 90.1 Å². The van der Waals surface area contributed by atoms with Crippen molar-refractivity contribution in [3.63, 3.8) is 0 Å². The zero-order chi connectivity index (χ0) is 27.9. The van der Waals surface area contributed by atoms with Crippen molar-refractivity contribution in [1.82, 2.24) is 0 Å². The first-order valence-electron chi connectivity index (χ1n) is 12.5. The van der Waals surface area contributed by atoms with E-state index in [4.69, 9.17) is 19.7 Å². The maximum absolute atomic E-state index is 13.2. The largest absolute Gasteiger partial charge is 0.497 e. The molecule has 0 fully saturated rings. The Bertz CT molecular complexity index is 1360. The highest BCUT2D eigenvalue weighted by atomic mass is 16.5. The number of aryl methyl sites for hydroxylation is 1. The van der Waals surface area contributed by atoms with Gasteiger partial charge in [0.2, 0.25) is 0 Å². The van der Waals surface area contributed by atoms with Gasteiger partial charge in [-0.25, -0.2) is 0 Å². The lowest BCUT2D eigenvalue weighted by atomic mass is 9.90. The Kier molecular flexibility index (Phi) is 11.4. The maximum atomic E-state index is 13.2. The van der Waals surface area contributed by atoms with Gasteiger partial charge in [0.1, 0.15) is 5.75 Å². The van der Waals surface area contributed by atoms with Gasteiger partial charge in [-0.2, -0.15) is 0 Å². The monoisotopic (exact) mass is 525 g/mol. The third kappa shape index (κ3) is 9.22. The third-order valence-electron chi connectivity index (χ3n) is 5.99. The van der Waals surface area contributed by atoms with Gasteiger partial charge in [-0.15, -0.1) is 0 Å². The summed E-state index contributed by atoms with van der Waals surface area (Å²) in [5.41, 5.74) is 11.1. The minimum Gasteiger partial charge on any atom is -0.497 e. The number of ether oxygens (including phenoxy) is 3. The Morgan fingerprint density at radius 1 is 0.872 bits per heavy atom. The molecule has 3 rings (SSSR count). The van der Waals surface area contributed by atoms with Crippen LogP contribution >= 0.6 is 0 Å². The molecule has 8 heteroatoms. The fourth-order valence-corrected chi connectivity index (χ4v) is 3.95. The van der Waals surface area contributed by atoms with Crippen molar-refractivity contribution >= 4 is 23.7 Å². The van der Waals surface area contributed by atoms with Crippen molar-refractivity contribution in [2.24, 2.45) is 11.0 Å². The summed E-state index contributed by atoms with van der Waals surface area (Å²) < 4.78 is 16.0. The summed E-state index contributed by atoms with van der Waals surface area (Å²) in [7, 11) is 3.08. The van der Waals surface area contributed by atoms with Crippen LogP contribution in [0.25, 0.3) is 22.6 Å². The predicted molar refractivity (Wildman–Crippen MR) is 152 cm³/mol. The van der Waals surface area contributed by atoms with Crippen LogP contribution in [0.4, 0.5) is 0 Å². The topological polar surface area (TPSA) is 111 Å². The molecule has 0 aromatic heterocycles. The number of rotatable bonds is 15. The van der Waals surface area contributed by atoms with Crippen LogP contribution in [0.5, 0.6) is 17.2 Å². The van der Waals surface area contributed by atoms with Crippen molar-refractivity contribution in [2.45, 2.75) is 19.3 Å². The Hall–Kier alpha value is -4.81. The maximum Gasteiger partial charge on any atom is 0.167 e. The molecule has 0 saturated carbocycles. The van der Waals surface area contributed by atoms with Gasteiger partial charge in [0.15, 0.2) is 29.8 Å². The van der Waals surface area contributed by atoms with E-state index in [2.05, 4.69) is 10.0 Å². The third-order valence-corrected chi connectivity index (χ3v) is 5.99. The van der Waals surface area contributed by atoms with Crippen LogP contribution in [0.3, 0.4) is 0 Å². The second-order valence-corrected chi connectivity index (χ2v) is 8.59. The number of allylic oxidation sites excluding steroid dienone is 2.